The predicted molar refractivity (Wildman–Crippen MR) is 92.6 cm³/mol. The maximum Gasteiger partial charge on any atom is 0.316 e. The van der Waals surface area contributed by atoms with Crippen LogP contribution in [-0.2, 0) is 16.4 Å². The van der Waals surface area contributed by atoms with E-state index >= 15 is 0 Å². The van der Waals surface area contributed by atoms with Crippen molar-refractivity contribution in [2.24, 2.45) is 0 Å². The van der Waals surface area contributed by atoms with Gasteiger partial charge in [-0.2, -0.15) is 5.10 Å². The molecule has 0 fully saturated rings. The average Bonchev–Trinajstić information content (AvgIpc) is 3.01. The van der Waals surface area contributed by atoms with Crippen LogP contribution in [-0.4, -0.2) is 79.3 Å². The second-order valence-electron chi connectivity index (χ2n) is 6.31. The molecule has 0 bridgehead atoms. The van der Waals surface area contributed by atoms with E-state index in [2.05, 4.69) is 15.3 Å². The summed E-state index contributed by atoms with van der Waals surface area (Å²) in [5.74, 6) is 0.362. The topological polar surface area (TPSA) is 87.5 Å². The van der Waals surface area contributed by atoms with Gasteiger partial charge in [-0.25, -0.2) is 13.2 Å². The van der Waals surface area contributed by atoms with Gasteiger partial charge in [0, 0.05) is 52.2 Å². The van der Waals surface area contributed by atoms with Crippen molar-refractivity contribution in [1.29, 1.82) is 0 Å². The number of sulfone groups is 1. The Labute approximate surface area is 143 Å². The van der Waals surface area contributed by atoms with Gasteiger partial charge in [0.1, 0.15) is 0 Å². The Morgan fingerprint density at radius 1 is 1.46 bits per heavy atom. The van der Waals surface area contributed by atoms with E-state index in [0.717, 1.165) is 18.7 Å². The van der Waals surface area contributed by atoms with Crippen LogP contribution in [0.1, 0.15) is 25.1 Å². The average molecular weight is 357 g/mol. The summed E-state index contributed by atoms with van der Waals surface area (Å²) < 4.78 is 25.5. The van der Waals surface area contributed by atoms with Crippen molar-refractivity contribution < 1.29 is 13.2 Å². The standard InChI is InChI=1S/C15H27N5O3S/c1-4-24(22,23)10-9-19-11-13(5-7-16-15(21)18(2)3)20-14(12-19)6-8-17-20/h6,8,13H,4-5,7,9-12H2,1-3H3,(H,16,21). The lowest BCUT2D eigenvalue weighted by Crippen LogP contribution is -2.42. The number of amides is 2. The maximum absolute atomic E-state index is 11.7. The quantitative estimate of drug-likeness (QED) is 0.760. The molecule has 1 aliphatic heterocycles. The summed E-state index contributed by atoms with van der Waals surface area (Å²) in [6, 6.07) is 1.99. The fraction of sp³-hybridized carbons (Fsp3) is 0.733. The molecule has 0 radical (unpaired) electrons. The van der Waals surface area contributed by atoms with Crippen LogP contribution >= 0.6 is 0 Å². The van der Waals surface area contributed by atoms with Gasteiger partial charge in [-0.1, -0.05) is 6.92 Å². The third kappa shape index (κ3) is 4.94. The monoisotopic (exact) mass is 357 g/mol. The molecule has 0 aromatic carbocycles. The van der Waals surface area contributed by atoms with Gasteiger partial charge in [0.05, 0.1) is 17.5 Å². The predicted octanol–water partition coefficient (Wildman–Crippen LogP) is 0.336. The highest BCUT2D eigenvalue weighted by Crippen LogP contribution is 2.22. The van der Waals surface area contributed by atoms with Gasteiger partial charge in [0.15, 0.2) is 9.84 Å². The minimum atomic E-state index is -2.96. The molecule has 8 nitrogen and oxygen atoms in total. The summed E-state index contributed by atoms with van der Waals surface area (Å²) >= 11 is 0. The number of hydrogen-bond acceptors (Lipinski definition) is 5. The summed E-state index contributed by atoms with van der Waals surface area (Å²) in [6.07, 6.45) is 2.53. The Kier molecular flexibility index (Phi) is 6.22. The summed E-state index contributed by atoms with van der Waals surface area (Å²) in [4.78, 5) is 15.3. The molecule has 1 atom stereocenters. The van der Waals surface area contributed by atoms with Crippen molar-refractivity contribution >= 4 is 15.9 Å². The van der Waals surface area contributed by atoms with Crippen LogP contribution in [0.4, 0.5) is 4.79 Å². The van der Waals surface area contributed by atoms with E-state index in [1.807, 2.05) is 10.7 Å². The molecule has 2 heterocycles. The summed E-state index contributed by atoms with van der Waals surface area (Å²) in [5, 5.41) is 7.24. The summed E-state index contributed by atoms with van der Waals surface area (Å²) in [7, 11) is 0.447. The van der Waals surface area contributed by atoms with Crippen LogP contribution in [0.25, 0.3) is 0 Å². The van der Waals surface area contributed by atoms with Gasteiger partial charge in [-0.15, -0.1) is 0 Å². The fourth-order valence-electron chi connectivity index (χ4n) is 2.76. The first kappa shape index (κ1) is 18.7. The molecule has 2 rings (SSSR count). The highest BCUT2D eigenvalue weighted by atomic mass is 32.2. The second-order valence-corrected chi connectivity index (χ2v) is 8.78. The third-order valence-corrected chi connectivity index (χ3v) is 5.96. The molecule has 0 spiro atoms. The van der Waals surface area contributed by atoms with Gasteiger partial charge in [0.25, 0.3) is 0 Å². The zero-order valence-corrected chi connectivity index (χ0v) is 15.4. The van der Waals surface area contributed by atoms with Crippen molar-refractivity contribution in [3.05, 3.63) is 18.0 Å². The van der Waals surface area contributed by atoms with Crippen LogP contribution in [0, 0.1) is 0 Å². The minimum absolute atomic E-state index is 0.114. The molecule has 0 saturated carbocycles. The summed E-state index contributed by atoms with van der Waals surface area (Å²) in [6.45, 7) is 4.21. The molecule has 1 aliphatic rings. The van der Waals surface area contributed by atoms with E-state index < -0.39 is 9.84 Å². The maximum atomic E-state index is 11.7. The molecule has 136 valence electrons. The lowest BCUT2D eigenvalue weighted by atomic mass is 10.1. The van der Waals surface area contributed by atoms with E-state index in [9.17, 15) is 13.2 Å². The fourth-order valence-corrected chi connectivity index (χ4v) is 3.59. The van der Waals surface area contributed by atoms with Crippen LogP contribution in [0.2, 0.25) is 0 Å². The number of hydrogen-bond donors (Lipinski definition) is 1. The molecule has 0 aliphatic carbocycles. The van der Waals surface area contributed by atoms with Gasteiger partial charge in [0.2, 0.25) is 0 Å². The highest BCUT2D eigenvalue weighted by Gasteiger charge is 2.26. The molecule has 2 amide bonds. The van der Waals surface area contributed by atoms with Crippen molar-refractivity contribution in [3.8, 4) is 0 Å². The molecule has 1 aromatic heterocycles. The Morgan fingerprint density at radius 3 is 2.88 bits per heavy atom. The van der Waals surface area contributed by atoms with Gasteiger partial charge < -0.3 is 10.2 Å². The first-order valence-electron chi connectivity index (χ1n) is 8.22. The normalized spacial score (nSPS) is 18.2. The smallest absolute Gasteiger partial charge is 0.316 e. The molecule has 1 N–H and O–H groups in total. The van der Waals surface area contributed by atoms with Crippen molar-refractivity contribution in [1.82, 2.24) is 24.9 Å². The lowest BCUT2D eigenvalue weighted by molar-refractivity contribution is 0.175. The zero-order valence-electron chi connectivity index (χ0n) is 14.6. The van der Waals surface area contributed by atoms with Gasteiger partial charge in [-0.05, 0) is 12.5 Å². The first-order chi connectivity index (χ1) is 11.3. The van der Waals surface area contributed by atoms with E-state index in [4.69, 9.17) is 0 Å². The largest absolute Gasteiger partial charge is 0.338 e. The van der Waals surface area contributed by atoms with Crippen LogP contribution in [0.15, 0.2) is 12.3 Å². The molecular formula is C15H27N5O3S. The second kappa shape index (κ2) is 7.98. The number of urea groups is 1. The molecule has 1 aromatic rings. The first-order valence-corrected chi connectivity index (χ1v) is 10.0. The lowest BCUT2D eigenvalue weighted by Gasteiger charge is -2.34. The zero-order chi connectivity index (χ0) is 17.7. The molecule has 24 heavy (non-hydrogen) atoms. The Morgan fingerprint density at radius 2 is 2.21 bits per heavy atom. The number of nitrogens with zero attached hydrogens (tertiary/aromatic N) is 4. The van der Waals surface area contributed by atoms with Crippen LogP contribution in [0.3, 0.4) is 0 Å². The molecular weight excluding hydrogens is 330 g/mol. The number of rotatable bonds is 7. The number of fused-ring (bicyclic) bond motifs is 1. The molecule has 9 heteroatoms. The molecule has 0 saturated heterocycles. The van der Waals surface area contributed by atoms with Crippen molar-refractivity contribution in [2.45, 2.75) is 25.9 Å². The number of carbonyl (C=O) groups is 1. The summed E-state index contributed by atoms with van der Waals surface area (Å²) in [5.41, 5.74) is 1.08. The number of aromatic nitrogens is 2. The minimum Gasteiger partial charge on any atom is -0.338 e. The number of carbonyl (C=O) groups excluding carboxylic acids is 1. The van der Waals surface area contributed by atoms with E-state index in [0.29, 0.717) is 19.6 Å². The Bertz CT molecular complexity index is 656. The number of nitrogens with one attached hydrogen (secondary N) is 1. The molecule has 1 unspecified atom stereocenters. The van der Waals surface area contributed by atoms with Crippen molar-refractivity contribution in [2.75, 3.05) is 45.2 Å². The van der Waals surface area contributed by atoms with Gasteiger partial charge in [-0.3, -0.25) is 9.58 Å². The third-order valence-electron chi connectivity index (χ3n) is 4.27. The van der Waals surface area contributed by atoms with Gasteiger partial charge >= 0.3 is 6.03 Å². The van der Waals surface area contributed by atoms with E-state index in [1.54, 1.807) is 27.2 Å². The van der Waals surface area contributed by atoms with Crippen LogP contribution < -0.4 is 5.32 Å². The Hall–Kier alpha value is -1.61. The SMILES string of the molecule is CCS(=O)(=O)CCN1Cc2ccnn2C(CCNC(=O)N(C)C)C1. The van der Waals surface area contributed by atoms with Crippen LogP contribution in [0.5, 0.6) is 0 Å². The highest BCUT2D eigenvalue weighted by molar-refractivity contribution is 7.91. The Balaban J connectivity index is 1.94. The van der Waals surface area contributed by atoms with Crippen molar-refractivity contribution in [3.63, 3.8) is 0 Å². The van der Waals surface area contributed by atoms with E-state index in [-0.39, 0.29) is 23.6 Å². The van der Waals surface area contributed by atoms with E-state index in [1.165, 1.54) is 4.90 Å².